The highest BCUT2D eigenvalue weighted by atomic mass is 19.1. The molecular formula is C18H24F2N2O5. The van der Waals surface area contributed by atoms with Gasteiger partial charge in [-0.25, -0.2) is 18.4 Å². The molecule has 150 valence electrons. The van der Waals surface area contributed by atoms with Gasteiger partial charge in [-0.3, -0.25) is 0 Å². The van der Waals surface area contributed by atoms with Crippen LogP contribution in [-0.4, -0.2) is 49.5 Å². The molecule has 1 atom stereocenters. The molecule has 0 radical (unpaired) electrons. The lowest BCUT2D eigenvalue weighted by Crippen LogP contribution is -2.36. The van der Waals surface area contributed by atoms with Crippen molar-refractivity contribution >= 4 is 17.7 Å². The molecule has 9 heteroatoms. The highest BCUT2D eigenvalue weighted by molar-refractivity contribution is 5.90. The molecule has 1 unspecified atom stereocenters. The number of benzene rings is 1. The van der Waals surface area contributed by atoms with Gasteiger partial charge in [0.1, 0.15) is 16.9 Å². The van der Waals surface area contributed by atoms with Gasteiger partial charge in [-0.1, -0.05) is 0 Å². The van der Waals surface area contributed by atoms with E-state index in [0.29, 0.717) is 32.1 Å². The van der Waals surface area contributed by atoms with Gasteiger partial charge in [-0.15, -0.1) is 0 Å². The molecule has 0 aliphatic carbocycles. The van der Waals surface area contributed by atoms with Crippen LogP contribution in [0.3, 0.4) is 0 Å². The molecule has 0 spiro atoms. The number of amides is 1. The Balaban J connectivity index is 2.10. The molecule has 1 fully saturated rings. The molecule has 1 heterocycles. The summed E-state index contributed by atoms with van der Waals surface area (Å²) in [4.78, 5) is 24.4. The zero-order valence-corrected chi connectivity index (χ0v) is 15.8. The summed E-state index contributed by atoms with van der Waals surface area (Å²) in [5, 5.41) is 11.7. The zero-order chi connectivity index (χ0) is 20.4. The first kappa shape index (κ1) is 20.7. The number of nitrogens with one attached hydrogen (secondary N) is 1. The lowest BCUT2D eigenvalue weighted by Gasteiger charge is -2.23. The third-order valence-corrected chi connectivity index (χ3v) is 4.12. The van der Waals surface area contributed by atoms with E-state index in [0.717, 1.165) is 7.11 Å². The smallest absolute Gasteiger partial charge is 0.407 e. The van der Waals surface area contributed by atoms with Gasteiger partial charge in [0.25, 0.3) is 0 Å². The zero-order valence-electron chi connectivity index (χ0n) is 15.8. The molecule has 0 aromatic heterocycles. The number of carboxylic acids is 1. The van der Waals surface area contributed by atoms with E-state index in [1.54, 1.807) is 25.7 Å². The predicted octanol–water partition coefficient (Wildman–Crippen LogP) is 3.02. The van der Waals surface area contributed by atoms with Gasteiger partial charge in [-0.05, 0) is 39.2 Å². The molecule has 7 nitrogen and oxygen atoms in total. The summed E-state index contributed by atoms with van der Waals surface area (Å²) in [6.07, 6.45) is 0.0994. The Morgan fingerprint density at radius 3 is 2.59 bits per heavy atom. The predicted molar refractivity (Wildman–Crippen MR) is 94.4 cm³/mol. The lowest BCUT2D eigenvalue weighted by atomic mass is 10.1. The van der Waals surface area contributed by atoms with E-state index in [2.05, 4.69) is 5.32 Å². The second kappa shape index (κ2) is 7.98. The highest BCUT2D eigenvalue weighted by Gasteiger charge is 2.31. The molecule has 1 amide bonds. The largest absolute Gasteiger partial charge is 0.491 e. The number of carbonyl (C=O) groups is 2. The topological polar surface area (TPSA) is 88.1 Å². The normalized spacial score (nSPS) is 17.0. The Hall–Kier alpha value is -2.58. The molecule has 1 aliphatic rings. The molecule has 27 heavy (non-hydrogen) atoms. The van der Waals surface area contributed by atoms with Crippen molar-refractivity contribution in [2.45, 2.75) is 32.8 Å². The molecule has 1 aliphatic heterocycles. The van der Waals surface area contributed by atoms with E-state index < -0.39 is 40.6 Å². The van der Waals surface area contributed by atoms with Crippen molar-refractivity contribution in [2.24, 2.45) is 5.92 Å². The minimum atomic E-state index is -1.57. The van der Waals surface area contributed by atoms with E-state index in [4.69, 9.17) is 14.6 Å². The third-order valence-electron chi connectivity index (χ3n) is 4.12. The fraction of sp³-hybridized carbons (Fsp3) is 0.556. The number of hydrogen-bond donors (Lipinski definition) is 2. The maximum Gasteiger partial charge on any atom is 0.407 e. The second-order valence-corrected chi connectivity index (χ2v) is 7.39. The van der Waals surface area contributed by atoms with Crippen molar-refractivity contribution < 1.29 is 33.0 Å². The van der Waals surface area contributed by atoms with Gasteiger partial charge in [-0.2, -0.15) is 0 Å². The molecule has 1 aromatic rings. The van der Waals surface area contributed by atoms with Crippen LogP contribution in [0.5, 0.6) is 5.75 Å². The van der Waals surface area contributed by atoms with Gasteiger partial charge in [0.2, 0.25) is 0 Å². The highest BCUT2D eigenvalue weighted by Crippen LogP contribution is 2.38. The Bertz CT molecular complexity index is 733. The quantitative estimate of drug-likeness (QED) is 0.809. The molecule has 1 aromatic carbocycles. The SMILES string of the molecule is COc1c(F)c(C(=O)O)cc(F)c1N1CCC(CNC(=O)OC(C)(C)C)C1. The fourth-order valence-electron chi connectivity index (χ4n) is 2.97. The number of ether oxygens (including phenoxy) is 2. The molecule has 1 saturated heterocycles. The summed E-state index contributed by atoms with van der Waals surface area (Å²) < 4.78 is 38.9. The fourth-order valence-corrected chi connectivity index (χ4v) is 2.97. The monoisotopic (exact) mass is 386 g/mol. The Morgan fingerprint density at radius 2 is 2.04 bits per heavy atom. The number of rotatable bonds is 5. The standard InChI is InChI=1S/C18H24F2N2O5/c1-18(2,3)27-17(25)21-8-10-5-6-22(9-10)14-12(19)7-11(16(23)24)13(20)15(14)26-4/h7,10H,5-6,8-9H2,1-4H3,(H,21,25)(H,23,24). The van der Waals surface area contributed by atoms with Gasteiger partial charge in [0.05, 0.1) is 7.11 Å². The number of hydrogen-bond acceptors (Lipinski definition) is 5. The molecule has 2 N–H and O–H groups in total. The van der Waals surface area contributed by atoms with Gasteiger partial charge in [0.15, 0.2) is 17.4 Å². The lowest BCUT2D eigenvalue weighted by molar-refractivity contribution is 0.0520. The van der Waals surface area contributed by atoms with Crippen LogP contribution in [0, 0.1) is 17.6 Å². The van der Waals surface area contributed by atoms with Crippen molar-refractivity contribution in [1.82, 2.24) is 5.32 Å². The van der Waals surface area contributed by atoms with E-state index in [-0.39, 0.29) is 11.6 Å². The molecular weight excluding hydrogens is 362 g/mol. The minimum absolute atomic E-state index is 0.00355. The van der Waals surface area contributed by atoms with Crippen molar-refractivity contribution in [3.63, 3.8) is 0 Å². The van der Waals surface area contributed by atoms with Gasteiger partial charge in [0, 0.05) is 19.6 Å². The number of anilines is 1. The number of carboxylic acid groups (broad SMARTS) is 1. The van der Waals surface area contributed by atoms with Crippen LogP contribution < -0.4 is 15.0 Å². The number of methoxy groups -OCH3 is 1. The van der Waals surface area contributed by atoms with E-state index in [1.807, 2.05) is 0 Å². The summed E-state index contributed by atoms with van der Waals surface area (Å²) in [6, 6.07) is 0.655. The van der Waals surface area contributed by atoms with E-state index >= 15 is 0 Å². The van der Waals surface area contributed by atoms with Gasteiger partial charge >= 0.3 is 12.1 Å². The first-order valence-corrected chi connectivity index (χ1v) is 8.54. The molecule has 0 saturated carbocycles. The van der Waals surface area contributed by atoms with E-state index in [1.165, 1.54) is 0 Å². The average molecular weight is 386 g/mol. The van der Waals surface area contributed by atoms with E-state index in [9.17, 15) is 18.4 Å². The van der Waals surface area contributed by atoms with Crippen molar-refractivity contribution in [1.29, 1.82) is 0 Å². The maximum absolute atomic E-state index is 14.5. The number of alkyl carbamates (subject to hydrolysis) is 1. The minimum Gasteiger partial charge on any atom is -0.491 e. The van der Waals surface area contributed by atoms with Crippen molar-refractivity contribution in [2.75, 3.05) is 31.6 Å². The van der Waals surface area contributed by atoms with Gasteiger partial charge < -0.3 is 24.8 Å². The van der Waals surface area contributed by atoms with Crippen LogP contribution in [0.1, 0.15) is 37.6 Å². The van der Waals surface area contributed by atoms with Crippen molar-refractivity contribution in [3.05, 3.63) is 23.3 Å². The third kappa shape index (κ3) is 4.99. The first-order valence-electron chi connectivity index (χ1n) is 8.54. The average Bonchev–Trinajstić information content (AvgIpc) is 3.00. The Kier molecular flexibility index (Phi) is 6.12. The van der Waals surface area contributed by atoms with Crippen LogP contribution >= 0.6 is 0 Å². The molecule has 2 rings (SSSR count). The molecule has 0 bridgehead atoms. The van der Waals surface area contributed by atoms with Crippen LogP contribution in [0.2, 0.25) is 0 Å². The summed E-state index contributed by atoms with van der Waals surface area (Å²) in [7, 11) is 1.16. The Morgan fingerprint density at radius 1 is 1.37 bits per heavy atom. The summed E-state index contributed by atoms with van der Waals surface area (Å²) >= 11 is 0. The number of nitrogens with zero attached hydrogens (tertiary/aromatic N) is 1. The second-order valence-electron chi connectivity index (χ2n) is 7.39. The number of aromatic carboxylic acids is 1. The summed E-state index contributed by atoms with van der Waals surface area (Å²) in [5.41, 5.74) is -1.50. The number of carbonyl (C=O) groups excluding carboxylic acids is 1. The van der Waals surface area contributed by atoms with Crippen LogP contribution in [-0.2, 0) is 4.74 Å². The number of halogens is 2. The first-order chi connectivity index (χ1) is 12.5. The van der Waals surface area contributed by atoms with Crippen LogP contribution in [0.4, 0.5) is 19.3 Å². The Labute approximate surface area is 156 Å². The van der Waals surface area contributed by atoms with Crippen LogP contribution in [0.15, 0.2) is 6.07 Å². The van der Waals surface area contributed by atoms with Crippen LogP contribution in [0.25, 0.3) is 0 Å². The summed E-state index contributed by atoms with van der Waals surface area (Å²) in [6.45, 7) is 6.37. The van der Waals surface area contributed by atoms with Crippen molar-refractivity contribution in [3.8, 4) is 5.75 Å². The maximum atomic E-state index is 14.5. The summed E-state index contributed by atoms with van der Waals surface area (Å²) in [5.74, 6) is -3.99.